The largest absolute Gasteiger partial charge is 0.327 e. The smallest absolute Gasteiger partial charge is 0.140 e. The lowest BCUT2D eigenvalue weighted by atomic mass is 10.0. The minimum absolute atomic E-state index is 0.514. The number of piperidine rings is 1. The van der Waals surface area contributed by atoms with Crippen LogP contribution in [0.2, 0.25) is 5.02 Å². The number of likely N-dealkylation sites (N-methyl/N-ethyl adjacent to an activating group) is 1. The van der Waals surface area contributed by atoms with Crippen molar-refractivity contribution in [1.29, 1.82) is 0 Å². The van der Waals surface area contributed by atoms with E-state index in [-0.39, 0.29) is 0 Å². The molecule has 1 unspecified atom stereocenters. The Morgan fingerprint density at radius 3 is 3.10 bits per heavy atom. The van der Waals surface area contributed by atoms with Crippen LogP contribution < -0.4 is 0 Å². The van der Waals surface area contributed by atoms with Crippen LogP contribution in [0.4, 0.5) is 0 Å². The summed E-state index contributed by atoms with van der Waals surface area (Å²) in [6, 6.07) is 8.46. The molecule has 1 aliphatic heterocycles. The van der Waals surface area contributed by atoms with Gasteiger partial charge in [-0.2, -0.15) is 0 Å². The molecule has 1 aliphatic rings. The van der Waals surface area contributed by atoms with E-state index in [1.807, 2.05) is 24.4 Å². The molecule has 0 saturated carbocycles. The Bertz CT molecular complexity index is 579. The molecule has 0 aliphatic carbocycles. The minimum Gasteiger partial charge on any atom is -0.327 e. The lowest BCUT2D eigenvalue weighted by Gasteiger charge is -2.33. The number of hydrogen-bond acceptors (Lipinski definition) is 2. The van der Waals surface area contributed by atoms with Crippen LogP contribution in [0.15, 0.2) is 36.7 Å². The predicted molar refractivity (Wildman–Crippen MR) is 83.1 cm³/mol. The Morgan fingerprint density at radius 2 is 2.30 bits per heavy atom. The molecule has 1 saturated heterocycles. The zero-order chi connectivity index (χ0) is 13.9. The maximum atomic E-state index is 6.10. The lowest BCUT2D eigenvalue weighted by molar-refractivity contribution is 0.186. The van der Waals surface area contributed by atoms with Gasteiger partial charge in [-0.25, -0.2) is 4.98 Å². The van der Waals surface area contributed by atoms with Crippen LogP contribution in [0.25, 0.3) is 11.4 Å². The SMILES string of the molecule is CCN1CCCC(n2ccnc2-c2cccc(Cl)c2)C1. The summed E-state index contributed by atoms with van der Waals surface area (Å²) in [5.74, 6) is 1.02. The highest BCUT2D eigenvalue weighted by Crippen LogP contribution is 2.28. The Labute approximate surface area is 125 Å². The van der Waals surface area contributed by atoms with Crippen molar-refractivity contribution in [2.45, 2.75) is 25.8 Å². The zero-order valence-electron chi connectivity index (χ0n) is 11.8. The number of aromatic nitrogens is 2. The van der Waals surface area contributed by atoms with Gasteiger partial charge in [0.2, 0.25) is 0 Å². The van der Waals surface area contributed by atoms with Gasteiger partial charge in [0.1, 0.15) is 5.82 Å². The fraction of sp³-hybridized carbons (Fsp3) is 0.438. The summed E-state index contributed by atoms with van der Waals surface area (Å²) < 4.78 is 2.31. The highest BCUT2D eigenvalue weighted by Gasteiger charge is 2.22. The van der Waals surface area contributed by atoms with Gasteiger partial charge in [-0.15, -0.1) is 0 Å². The lowest BCUT2D eigenvalue weighted by Crippen LogP contribution is -2.36. The number of halogens is 1. The molecule has 0 radical (unpaired) electrons. The third-order valence-corrected chi connectivity index (χ3v) is 4.31. The molecule has 0 bridgehead atoms. The van der Waals surface area contributed by atoms with E-state index in [9.17, 15) is 0 Å². The van der Waals surface area contributed by atoms with Gasteiger partial charge in [0.15, 0.2) is 0 Å². The summed E-state index contributed by atoms with van der Waals surface area (Å²) >= 11 is 6.10. The molecular formula is C16H20ClN3. The molecule has 1 aromatic carbocycles. The number of nitrogens with zero attached hydrogens (tertiary/aromatic N) is 3. The van der Waals surface area contributed by atoms with Crippen molar-refractivity contribution in [2.24, 2.45) is 0 Å². The van der Waals surface area contributed by atoms with Crippen molar-refractivity contribution in [1.82, 2.24) is 14.5 Å². The molecule has 2 heterocycles. The van der Waals surface area contributed by atoms with E-state index in [1.165, 1.54) is 19.4 Å². The molecule has 3 nitrogen and oxygen atoms in total. The van der Waals surface area contributed by atoms with Crippen molar-refractivity contribution in [3.05, 3.63) is 41.7 Å². The second kappa shape index (κ2) is 5.98. The van der Waals surface area contributed by atoms with Crippen molar-refractivity contribution in [3.63, 3.8) is 0 Å². The summed E-state index contributed by atoms with van der Waals surface area (Å²) in [4.78, 5) is 7.05. The molecule has 3 rings (SSSR count). The topological polar surface area (TPSA) is 21.1 Å². The van der Waals surface area contributed by atoms with Crippen molar-refractivity contribution >= 4 is 11.6 Å². The van der Waals surface area contributed by atoms with E-state index >= 15 is 0 Å². The van der Waals surface area contributed by atoms with Crippen LogP contribution in [0.1, 0.15) is 25.8 Å². The summed E-state index contributed by atoms with van der Waals surface area (Å²) in [6.45, 7) is 5.68. The zero-order valence-corrected chi connectivity index (χ0v) is 12.6. The van der Waals surface area contributed by atoms with Crippen LogP contribution in [0.3, 0.4) is 0 Å². The van der Waals surface area contributed by atoms with Crippen molar-refractivity contribution in [2.75, 3.05) is 19.6 Å². The molecule has 20 heavy (non-hydrogen) atoms. The van der Waals surface area contributed by atoms with Crippen LogP contribution in [-0.2, 0) is 0 Å². The van der Waals surface area contributed by atoms with Crippen molar-refractivity contribution in [3.8, 4) is 11.4 Å². The fourth-order valence-corrected chi connectivity index (χ4v) is 3.19. The monoisotopic (exact) mass is 289 g/mol. The van der Waals surface area contributed by atoms with Gasteiger partial charge in [0.05, 0.1) is 0 Å². The van der Waals surface area contributed by atoms with Gasteiger partial charge in [0, 0.05) is 35.6 Å². The number of benzene rings is 1. The normalized spacial score (nSPS) is 20.2. The molecule has 4 heteroatoms. The predicted octanol–water partition coefficient (Wildman–Crippen LogP) is 3.86. The third kappa shape index (κ3) is 2.74. The highest BCUT2D eigenvalue weighted by molar-refractivity contribution is 6.30. The number of likely N-dealkylation sites (tertiary alicyclic amines) is 1. The van der Waals surface area contributed by atoms with E-state index in [2.05, 4.69) is 33.6 Å². The van der Waals surface area contributed by atoms with E-state index in [4.69, 9.17) is 11.6 Å². The summed E-state index contributed by atoms with van der Waals surface area (Å²) in [5.41, 5.74) is 1.09. The van der Waals surface area contributed by atoms with Gasteiger partial charge < -0.3 is 9.47 Å². The third-order valence-electron chi connectivity index (χ3n) is 4.07. The number of imidazole rings is 1. The van der Waals surface area contributed by atoms with E-state index < -0.39 is 0 Å². The second-order valence-electron chi connectivity index (χ2n) is 5.36. The number of hydrogen-bond donors (Lipinski definition) is 0. The fourth-order valence-electron chi connectivity index (χ4n) is 3.00. The quantitative estimate of drug-likeness (QED) is 0.855. The summed E-state index contributed by atoms with van der Waals surface area (Å²) in [5, 5.41) is 0.760. The maximum Gasteiger partial charge on any atom is 0.140 e. The van der Waals surface area contributed by atoms with Gasteiger partial charge in [-0.3, -0.25) is 0 Å². The van der Waals surface area contributed by atoms with Crippen LogP contribution in [-0.4, -0.2) is 34.1 Å². The molecule has 2 aromatic rings. The summed E-state index contributed by atoms with van der Waals surface area (Å²) in [7, 11) is 0. The van der Waals surface area contributed by atoms with E-state index in [0.717, 1.165) is 29.5 Å². The van der Waals surface area contributed by atoms with E-state index in [1.54, 1.807) is 0 Å². The first-order valence-corrected chi connectivity index (χ1v) is 7.67. The average molecular weight is 290 g/mol. The molecule has 0 amide bonds. The average Bonchev–Trinajstić information content (AvgIpc) is 2.97. The maximum absolute atomic E-state index is 6.10. The van der Waals surface area contributed by atoms with Crippen molar-refractivity contribution < 1.29 is 0 Å². The molecule has 0 N–H and O–H groups in total. The first-order chi connectivity index (χ1) is 9.78. The van der Waals surface area contributed by atoms with Gasteiger partial charge in [-0.05, 0) is 38.1 Å². The van der Waals surface area contributed by atoms with Gasteiger partial charge >= 0.3 is 0 Å². The molecule has 1 fully saturated rings. The van der Waals surface area contributed by atoms with E-state index in [0.29, 0.717) is 6.04 Å². The van der Waals surface area contributed by atoms with Crippen LogP contribution >= 0.6 is 11.6 Å². The van der Waals surface area contributed by atoms with Gasteiger partial charge in [0.25, 0.3) is 0 Å². The first kappa shape index (κ1) is 13.7. The number of rotatable bonds is 3. The first-order valence-electron chi connectivity index (χ1n) is 7.29. The molecule has 0 spiro atoms. The molecule has 106 valence electrons. The minimum atomic E-state index is 0.514. The Balaban J connectivity index is 1.90. The highest BCUT2D eigenvalue weighted by atomic mass is 35.5. The molecule has 1 atom stereocenters. The van der Waals surface area contributed by atoms with Crippen LogP contribution in [0.5, 0.6) is 0 Å². The Hall–Kier alpha value is -1.32. The molecular weight excluding hydrogens is 270 g/mol. The Morgan fingerprint density at radius 1 is 1.40 bits per heavy atom. The second-order valence-corrected chi connectivity index (χ2v) is 5.79. The standard InChI is InChI=1S/C16H20ClN3/c1-2-19-9-4-7-15(12-19)20-10-8-18-16(20)13-5-3-6-14(17)11-13/h3,5-6,8,10-11,15H,2,4,7,9,12H2,1H3. The Kier molecular flexibility index (Phi) is 4.08. The van der Waals surface area contributed by atoms with Crippen LogP contribution in [0, 0.1) is 0 Å². The van der Waals surface area contributed by atoms with Gasteiger partial charge in [-0.1, -0.05) is 30.7 Å². The molecule has 1 aromatic heterocycles. The summed E-state index contributed by atoms with van der Waals surface area (Å²) in [6.07, 6.45) is 6.47.